The quantitative estimate of drug-likeness (QED) is 0.0986. The van der Waals surface area contributed by atoms with E-state index in [-0.39, 0.29) is 46.0 Å². The van der Waals surface area contributed by atoms with Crippen LogP contribution in [0.1, 0.15) is 106 Å². The van der Waals surface area contributed by atoms with Crippen molar-refractivity contribution in [2.45, 2.75) is 211 Å². The Kier molecular flexibility index (Phi) is 14.1. The number of carbonyl (C=O) groups is 1. The minimum atomic E-state index is -1.86. The van der Waals surface area contributed by atoms with E-state index in [9.17, 15) is 66.1 Å². The van der Waals surface area contributed by atoms with Gasteiger partial charge in [-0.1, -0.05) is 53.2 Å². The number of esters is 1. The van der Waals surface area contributed by atoms with Gasteiger partial charge in [0.15, 0.2) is 12.6 Å². The summed E-state index contributed by atoms with van der Waals surface area (Å²) < 4.78 is 34.7. The number of allylic oxidation sites excluding steroid dienone is 2. The van der Waals surface area contributed by atoms with Crippen molar-refractivity contribution in [1.29, 1.82) is 0 Å². The fourth-order valence-corrected chi connectivity index (χ4v) is 15.0. The zero-order valence-corrected chi connectivity index (χ0v) is 39.8. The fourth-order valence-electron chi connectivity index (χ4n) is 15.0. The molecule has 0 unspecified atom stereocenters. The monoisotopic (exact) mass is 959 g/mol. The van der Waals surface area contributed by atoms with Crippen molar-refractivity contribution in [3.8, 4) is 0 Å². The maximum absolute atomic E-state index is 15.0. The molecule has 3 saturated heterocycles. The Balaban J connectivity index is 0.982. The zero-order valence-electron chi connectivity index (χ0n) is 39.8. The smallest absolute Gasteiger partial charge is 0.315 e. The van der Waals surface area contributed by atoms with Gasteiger partial charge in [0.2, 0.25) is 6.29 Å². The topological polar surface area (TPSA) is 315 Å². The SMILES string of the molecule is C[C@@H]1O[C@H](O[C@@H]2[C@@H](O)[C@H](O)[C@@H](OC[C@@H]3O[C@H](OC(=O)[C@@]45CCC(C)(C)C[C@H]4C4=CC[C@H]6[C@@]7(C)C[C@@H](O)[C@@H](O)[C@](C)(CO)[C@H]7CC[C@@]6(C)[C@@]4(C)CC5)[C@@H](O)[C@H](O)[C@H]3O)O[C@H]2CO)[C@@H](O)[C@H](O)[C@H]1O. The van der Waals surface area contributed by atoms with Crippen LogP contribution in [0.25, 0.3) is 0 Å². The highest BCUT2D eigenvalue weighted by atomic mass is 16.8. The largest absolute Gasteiger partial charge is 0.432 e. The van der Waals surface area contributed by atoms with Crippen molar-refractivity contribution in [1.82, 2.24) is 0 Å². The van der Waals surface area contributed by atoms with E-state index in [4.69, 9.17) is 28.4 Å². The lowest BCUT2D eigenvalue weighted by molar-refractivity contribution is -0.361. The predicted octanol–water partition coefficient (Wildman–Crippen LogP) is -0.889. The number of carbonyl (C=O) groups excluding carboxylic acids is 1. The number of fused-ring (bicyclic) bond motifs is 7. The van der Waals surface area contributed by atoms with Gasteiger partial charge >= 0.3 is 5.97 Å². The van der Waals surface area contributed by atoms with Crippen molar-refractivity contribution in [3.63, 3.8) is 0 Å². The number of ether oxygens (including phenoxy) is 6. The maximum atomic E-state index is 15.0. The van der Waals surface area contributed by atoms with Crippen LogP contribution in [0.5, 0.6) is 0 Å². The average Bonchev–Trinajstić information content (AvgIpc) is 3.28. The van der Waals surface area contributed by atoms with E-state index < -0.39 is 134 Å². The summed E-state index contributed by atoms with van der Waals surface area (Å²) in [6.45, 7) is 13.0. The molecule has 12 N–H and O–H groups in total. The molecule has 0 aromatic rings. The van der Waals surface area contributed by atoms with Crippen LogP contribution >= 0.6 is 0 Å². The molecule has 25 atom stereocenters. The highest BCUT2D eigenvalue weighted by Gasteiger charge is 2.71. The lowest BCUT2D eigenvalue weighted by Crippen LogP contribution is -2.68. The molecule has 0 amide bonds. The summed E-state index contributed by atoms with van der Waals surface area (Å²) in [6.07, 6.45) is -18.3. The molecule has 5 aliphatic carbocycles. The standard InChI is InChI=1S/C48H78O19/c1-21-29(52)31(54)34(57)40(63-21)66-37-25(18-49)64-39(36(59)33(37)56)62-19-26-30(53)32(55)35(58)41(65-26)67-42(61)48-14-12-43(2,3)16-23(48)22-8-9-28-44(4)17-24(51)38(60)45(5,20-50)27(44)10-11-47(28,7)46(22,6)13-15-48/h8,21,23-41,49-60H,9-20H2,1-7H3/t21-,23-,24+,25-,26-,27-,28-,29-,30-,31+,32+,33-,34-,35-,36-,37-,38+,39-,40+,41+,44-,45+,46-,47+,48+/m0/s1. The molecule has 4 saturated carbocycles. The Bertz CT molecular complexity index is 1830. The van der Waals surface area contributed by atoms with E-state index in [1.807, 2.05) is 6.92 Å². The first-order valence-corrected chi connectivity index (χ1v) is 24.4. The molecule has 19 heteroatoms. The zero-order chi connectivity index (χ0) is 49.1. The van der Waals surface area contributed by atoms with E-state index >= 15 is 0 Å². The van der Waals surface area contributed by atoms with E-state index in [0.717, 1.165) is 19.3 Å². The summed E-state index contributed by atoms with van der Waals surface area (Å²) in [5.74, 6) is -0.715. The van der Waals surface area contributed by atoms with Crippen LogP contribution in [0, 0.1) is 50.2 Å². The predicted molar refractivity (Wildman–Crippen MR) is 232 cm³/mol. The summed E-state index contributed by atoms with van der Waals surface area (Å²) in [6, 6.07) is 0. The summed E-state index contributed by atoms with van der Waals surface area (Å²) in [5.41, 5.74) is -1.76. The lowest BCUT2D eigenvalue weighted by Gasteiger charge is -2.71. The molecule has 0 aromatic heterocycles. The van der Waals surface area contributed by atoms with Gasteiger partial charge < -0.3 is 89.7 Å². The summed E-state index contributed by atoms with van der Waals surface area (Å²) in [5, 5.41) is 130. The van der Waals surface area contributed by atoms with Crippen LogP contribution < -0.4 is 0 Å². The summed E-state index contributed by atoms with van der Waals surface area (Å²) in [4.78, 5) is 15.0. The Labute approximate surface area is 392 Å². The van der Waals surface area contributed by atoms with Crippen LogP contribution in [0.4, 0.5) is 0 Å². The van der Waals surface area contributed by atoms with Crippen LogP contribution in [-0.4, -0.2) is 191 Å². The van der Waals surface area contributed by atoms with Gasteiger partial charge in [-0.05, 0) is 104 Å². The van der Waals surface area contributed by atoms with Crippen molar-refractivity contribution >= 4 is 5.97 Å². The highest BCUT2D eigenvalue weighted by Crippen LogP contribution is 2.76. The maximum Gasteiger partial charge on any atom is 0.315 e. The third-order valence-electron chi connectivity index (χ3n) is 19.4. The second-order valence-corrected chi connectivity index (χ2v) is 23.5. The Morgan fingerprint density at radius 2 is 1.31 bits per heavy atom. The molecule has 7 fully saturated rings. The van der Waals surface area contributed by atoms with Crippen LogP contribution in [0.2, 0.25) is 0 Å². The fraction of sp³-hybridized carbons (Fsp3) is 0.938. The third-order valence-corrected chi connectivity index (χ3v) is 19.4. The minimum absolute atomic E-state index is 0.0113. The van der Waals surface area contributed by atoms with Crippen molar-refractivity contribution in [2.24, 2.45) is 50.2 Å². The van der Waals surface area contributed by atoms with Crippen LogP contribution in [0.3, 0.4) is 0 Å². The normalized spacial score (nSPS) is 55.2. The van der Waals surface area contributed by atoms with E-state index in [1.165, 1.54) is 12.5 Å². The molecule has 3 heterocycles. The minimum Gasteiger partial charge on any atom is -0.432 e. The molecule has 8 aliphatic rings. The van der Waals surface area contributed by atoms with Crippen molar-refractivity contribution < 1.29 is 94.5 Å². The van der Waals surface area contributed by atoms with Gasteiger partial charge in [0.25, 0.3) is 0 Å². The molecule has 0 radical (unpaired) electrons. The molecule has 3 aliphatic heterocycles. The first-order valence-electron chi connectivity index (χ1n) is 24.4. The highest BCUT2D eigenvalue weighted by molar-refractivity contribution is 5.79. The van der Waals surface area contributed by atoms with Gasteiger partial charge in [-0.3, -0.25) is 4.79 Å². The number of hydrogen-bond donors (Lipinski definition) is 12. The van der Waals surface area contributed by atoms with Gasteiger partial charge in [-0.25, -0.2) is 0 Å². The summed E-state index contributed by atoms with van der Waals surface area (Å²) in [7, 11) is 0. The van der Waals surface area contributed by atoms with E-state index in [2.05, 4.69) is 40.7 Å². The Hall–Kier alpha value is -1.47. The van der Waals surface area contributed by atoms with Gasteiger partial charge in [0.05, 0.1) is 43.5 Å². The number of rotatable bonds is 9. The molecule has 0 aromatic carbocycles. The number of hydrogen-bond acceptors (Lipinski definition) is 19. The van der Waals surface area contributed by atoms with E-state index in [0.29, 0.717) is 38.5 Å². The number of aliphatic hydroxyl groups excluding tert-OH is 12. The molecule has 67 heavy (non-hydrogen) atoms. The van der Waals surface area contributed by atoms with Crippen molar-refractivity contribution in [2.75, 3.05) is 19.8 Å². The van der Waals surface area contributed by atoms with Gasteiger partial charge in [-0.15, -0.1) is 0 Å². The van der Waals surface area contributed by atoms with Gasteiger partial charge in [-0.2, -0.15) is 0 Å². The molecular formula is C48H78O19. The Morgan fingerprint density at radius 1 is 0.687 bits per heavy atom. The van der Waals surface area contributed by atoms with Gasteiger partial charge in [0, 0.05) is 5.41 Å². The van der Waals surface area contributed by atoms with Crippen LogP contribution in [0.15, 0.2) is 11.6 Å². The van der Waals surface area contributed by atoms with E-state index in [1.54, 1.807) is 0 Å². The number of aliphatic hydroxyl groups is 12. The van der Waals surface area contributed by atoms with Crippen molar-refractivity contribution in [3.05, 3.63) is 11.6 Å². The summed E-state index contributed by atoms with van der Waals surface area (Å²) >= 11 is 0. The molecule has 19 nitrogen and oxygen atoms in total. The Morgan fingerprint density at radius 3 is 1.99 bits per heavy atom. The lowest BCUT2D eigenvalue weighted by atomic mass is 9.33. The van der Waals surface area contributed by atoms with Crippen LogP contribution in [-0.2, 0) is 33.2 Å². The molecule has 0 bridgehead atoms. The molecule has 384 valence electrons. The average molecular weight is 959 g/mol. The molecule has 0 spiro atoms. The first-order chi connectivity index (χ1) is 31.2. The second kappa shape index (κ2) is 18.2. The van der Waals surface area contributed by atoms with Gasteiger partial charge in [0.1, 0.15) is 67.1 Å². The molecular weight excluding hydrogens is 881 g/mol. The second-order valence-electron chi connectivity index (χ2n) is 23.5. The third kappa shape index (κ3) is 8.10. The first kappa shape index (κ1) is 51.9. The molecule has 8 rings (SSSR count).